The molecule has 5 rings (SSSR count). The van der Waals surface area contributed by atoms with Crippen LogP contribution in [0, 0.1) is 39.5 Å². The van der Waals surface area contributed by atoms with Crippen molar-refractivity contribution >= 4 is 11.7 Å². The fourth-order valence-corrected chi connectivity index (χ4v) is 4.85. The number of amides is 1. The van der Waals surface area contributed by atoms with Crippen LogP contribution in [0.25, 0.3) is 5.82 Å². The summed E-state index contributed by atoms with van der Waals surface area (Å²) in [5.41, 5.74) is 2.71. The zero-order valence-electron chi connectivity index (χ0n) is 17.8. The van der Waals surface area contributed by atoms with Gasteiger partial charge < -0.3 is 14.2 Å². The summed E-state index contributed by atoms with van der Waals surface area (Å²) < 4.78 is 7.40. The van der Waals surface area contributed by atoms with Crippen molar-refractivity contribution in [2.45, 2.75) is 27.7 Å². The maximum Gasteiger partial charge on any atom is 0.257 e. The molecule has 3 aromatic heterocycles. The van der Waals surface area contributed by atoms with E-state index in [2.05, 4.69) is 20.0 Å². The lowest BCUT2D eigenvalue weighted by Crippen LogP contribution is -2.33. The predicted molar refractivity (Wildman–Crippen MR) is 112 cm³/mol. The molecular weight excluding hydrogens is 380 g/mol. The average molecular weight is 406 g/mol. The van der Waals surface area contributed by atoms with Crippen LogP contribution in [-0.2, 0) is 0 Å². The third-order valence-electron chi connectivity index (χ3n) is 6.23. The second-order valence-corrected chi connectivity index (χ2v) is 8.54. The largest absolute Gasteiger partial charge is 0.466 e. The molecule has 5 heterocycles. The van der Waals surface area contributed by atoms with Crippen LogP contribution in [0.4, 0.5) is 5.82 Å². The summed E-state index contributed by atoms with van der Waals surface area (Å²) in [6.07, 6.45) is 1.61. The number of nitrogens with zero attached hydrogens (tertiary/aromatic N) is 6. The number of hydrogen-bond donors (Lipinski definition) is 0. The van der Waals surface area contributed by atoms with Gasteiger partial charge in [0.05, 0.1) is 11.3 Å². The predicted octanol–water partition coefficient (Wildman–Crippen LogP) is 2.70. The number of furan rings is 1. The SMILES string of the molecule is Cc1cc(C)n(-c2cc(N3CC4CN(C(=O)c5cc(C)oc5C)CC4C3)ncn2)n1. The van der Waals surface area contributed by atoms with Crippen molar-refractivity contribution in [3.8, 4) is 5.82 Å². The molecule has 2 aliphatic rings. The van der Waals surface area contributed by atoms with Gasteiger partial charge >= 0.3 is 0 Å². The molecule has 1 amide bonds. The Hall–Kier alpha value is -3.16. The highest BCUT2D eigenvalue weighted by Gasteiger charge is 2.42. The molecule has 0 saturated carbocycles. The van der Waals surface area contributed by atoms with Crippen LogP contribution in [0.2, 0.25) is 0 Å². The minimum atomic E-state index is 0.0825. The first kappa shape index (κ1) is 18.8. The molecule has 30 heavy (non-hydrogen) atoms. The van der Waals surface area contributed by atoms with Gasteiger partial charge in [-0.25, -0.2) is 14.6 Å². The van der Waals surface area contributed by atoms with E-state index in [0.717, 1.165) is 55.0 Å². The molecule has 0 spiro atoms. The summed E-state index contributed by atoms with van der Waals surface area (Å²) in [6, 6.07) is 5.89. The summed E-state index contributed by atoms with van der Waals surface area (Å²) in [5.74, 6) is 4.17. The first-order chi connectivity index (χ1) is 14.4. The highest BCUT2D eigenvalue weighted by molar-refractivity contribution is 5.95. The van der Waals surface area contributed by atoms with Crippen LogP contribution in [0.15, 0.2) is 28.9 Å². The maximum atomic E-state index is 12.9. The Labute approximate surface area is 175 Å². The van der Waals surface area contributed by atoms with Crippen LogP contribution < -0.4 is 4.90 Å². The quantitative estimate of drug-likeness (QED) is 0.665. The van der Waals surface area contributed by atoms with Crippen molar-refractivity contribution in [3.05, 3.63) is 53.0 Å². The van der Waals surface area contributed by atoms with E-state index in [1.54, 1.807) is 6.33 Å². The highest BCUT2D eigenvalue weighted by atomic mass is 16.3. The number of anilines is 1. The number of aryl methyl sites for hydroxylation is 4. The number of carbonyl (C=O) groups is 1. The van der Waals surface area contributed by atoms with E-state index in [1.807, 2.05) is 55.5 Å². The second kappa shape index (κ2) is 6.97. The third kappa shape index (κ3) is 3.16. The highest BCUT2D eigenvalue weighted by Crippen LogP contribution is 2.34. The summed E-state index contributed by atoms with van der Waals surface area (Å²) in [4.78, 5) is 26.1. The summed E-state index contributed by atoms with van der Waals surface area (Å²) in [5, 5.41) is 4.53. The lowest BCUT2D eigenvalue weighted by molar-refractivity contribution is 0.0781. The molecule has 2 fully saturated rings. The number of carbonyl (C=O) groups excluding carboxylic acids is 1. The first-order valence-corrected chi connectivity index (χ1v) is 10.4. The molecule has 8 nitrogen and oxygen atoms in total. The van der Waals surface area contributed by atoms with Gasteiger partial charge in [0, 0.05) is 49.8 Å². The van der Waals surface area contributed by atoms with E-state index in [1.165, 1.54) is 0 Å². The molecule has 156 valence electrons. The molecular formula is C22H26N6O2. The fraction of sp³-hybridized carbons (Fsp3) is 0.455. The number of likely N-dealkylation sites (tertiary alicyclic amines) is 1. The van der Waals surface area contributed by atoms with Crippen LogP contribution in [0.3, 0.4) is 0 Å². The van der Waals surface area contributed by atoms with Crippen molar-refractivity contribution in [1.29, 1.82) is 0 Å². The number of rotatable bonds is 3. The fourth-order valence-electron chi connectivity index (χ4n) is 4.85. The number of aromatic nitrogens is 4. The van der Waals surface area contributed by atoms with Gasteiger partial charge in [0.25, 0.3) is 5.91 Å². The molecule has 0 N–H and O–H groups in total. The molecule has 2 saturated heterocycles. The van der Waals surface area contributed by atoms with E-state index in [9.17, 15) is 4.79 Å². The topological polar surface area (TPSA) is 80.3 Å². The van der Waals surface area contributed by atoms with E-state index in [4.69, 9.17) is 4.42 Å². The Balaban J connectivity index is 1.29. The van der Waals surface area contributed by atoms with Crippen LogP contribution in [0.1, 0.15) is 33.3 Å². The van der Waals surface area contributed by atoms with Gasteiger partial charge in [-0.05, 0) is 39.8 Å². The Bertz CT molecular complexity index is 1100. The Morgan fingerprint density at radius 2 is 1.67 bits per heavy atom. The number of fused-ring (bicyclic) bond motifs is 1. The molecule has 3 aromatic rings. The van der Waals surface area contributed by atoms with Gasteiger partial charge in [0.1, 0.15) is 23.7 Å². The second-order valence-electron chi connectivity index (χ2n) is 8.54. The average Bonchev–Trinajstić information content (AvgIpc) is 3.44. The minimum absolute atomic E-state index is 0.0825. The van der Waals surface area contributed by atoms with Crippen LogP contribution >= 0.6 is 0 Å². The smallest absolute Gasteiger partial charge is 0.257 e. The van der Waals surface area contributed by atoms with Gasteiger partial charge in [-0.15, -0.1) is 0 Å². The molecule has 2 atom stereocenters. The van der Waals surface area contributed by atoms with Crippen molar-refractivity contribution in [1.82, 2.24) is 24.6 Å². The minimum Gasteiger partial charge on any atom is -0.466 e. The van der Waals surface area contributed by atoms with Crippen LogP contribution in [-0.4, -0.2) is 56.7 Å². The van der Waals surface area contributed by atoms with E-state index >= 15 is 0 Å². The molecule has 2 unspecified atom stereocenters. The Morgan fingerprint density at radius 3 is 2.27 bits per heavy atom. The maximum absolute atomic E-state index is 12.9. The van der Waals surface area contributed by atoms with Gasteiger partial charge in [-0.3, -0.25) is 4.79 Å². The summed E-state index contributed by atoms with van der Waals surface area (Å²) in [6.45, 7) is 11.1. The van der Waals surface area contributed by atoms with E-state index in [-0.39, 0.29) is 5.91 Å². The zero-order valence-corrected chi connectivity index (χ0v) is 17.8. The molecule has 0 aliphatic carbocycles. The van der Waals surface area contributed by atoms with Gasteiger partial charge in [0.15, 0.2) is 5.82 Å². The Morgan fingerprint density at radius 1 is 0.967 bits per heavy atom. The monoisotopic (exact) mass is 406 g/mol. The first-order valence-electron chi connectivity index (χ1n) is 10.4. The van der Waals surface area contributed by atoms with Gasteiger partial charge in [-0.2, -0.15) is 5.10 Å². The summed E-state index contributed by atoms with van der Waals surface area (Å²) >= 11 is 0. The molecule has 0 aromatic carbocycles. The standard InChI is InChI=1S/C22H26N6O2/c1-13-5-14(2)28(25-13)21-7-20(23-12-24-21)26-8-17-10-27(11-18(17)9-26)22(29)19-6-15(3)30-16(19)4/h5-7,12,17-18H,8-11H2,1-4H3. The van der Waals surface area contributed by atoms with Gasteiger partial charge in [0.2, 0.25) is 0 Å². The van der Waals surface area contributed by atoms with E-state index < -0.39 is 0 Å². The van der Waals surface area contributed by atoms with Gasteiger partial charge in [-0.1, -0.05) is 0 Å². The molecule has 0 radical (unpaired) electrons. The Kier molecular flexibility index (Phi) is 4.38. The van der Waals surface area contributed by atoms with Crippen molar-refractivity contribution in [3.63, 3.8) is 0 Å². The number of hydrogen-bond acceptors (Lipinski definition) is 6. The lowest BCUT2D eigenvalue weighted by Gasteiger charge is -2.22. The van der Waals surface area contributed by atoms with Crippen molar-refractivity contribution in [2.75, 3.05) is 31.1 Å². The van der Waals surface area contributed by atoms with Crippen molar-refractivity contribution < 1.29 is 9.21 Å². The normalized spacial score (nSPS) is 20.8. The van der Waals surface area contributed by atoms with E-state index in [0.29, 0.717) is 23.2 Å². The zero-order chi connectivity index (χ0) is 21.0. The van der Waals surface area contributed by atoms with Crippen molar-refractivity contribution in [2.24, 2.45) is 11.8 Å². The molecule has 2 aliphatic heterocycles. The lowest BCUT2D eigenvalue weighted by atomic mass is 10.0. The van der Waals surface area contributed by atoms with Crippen LogP contribution in [0.5, 0.6) is 0 Å². The third-order valence-corrected chi connectivity index (χ3v) is 6.23. The summed E-state index contributed by atoms with van der Waals surface area (Å²) in [7, 11) is 0. The molecule has 8 heteroatoms. The molecule has 0 bridgehead atoms.